The summed E-state index contributed by atoms with van der Waals surface area (Å²) in [5.74, 6) is -0.429. The van der Waals surface area contributed by atoms with E-state index < -0.39 is 11.6 Å². The van der Waals surface area contributed by atoms with E-state index in [2.05, 4.69) is 6.07 Å². The predicted octanol–water partition coefficient (Wildman–Crippen LogP) is 2.44. The number of carbonyl (C=O) groups excluding carboxylic acids is 1. The third-order valence-electron chi connectivity index (χ3n) is 1.92. The fourth-order valence-corrected chi connectivity index (χ4v) is 2.09. The van der Waals surface area contributed by atoms with Gasteiger partial charge in [-0.2, -0.15) is 5.26 Å². The van der Waals surface area contributed by atoms with Gasteiger partial charge in [0.2, 0.25) is 5.60 Å². The quantitative estimate of drug-likeness (QED) is 0.718. The van der Waals surface area contributed by atoms with Crippen LogP contribution in [0.25, 0.3) is 0 Å². The highest BCUT2D eigenvalue weighted by Gasteiger charge is 2.34. The van der Waals surface area contributed by atoms with Crippen molar-refractivity contribution in [3.63, 3.8) is 0 Å². The third-order valence-corrected chi connectivity index (χ3v) is 2.93. The maximum atomic E-state index is 10.9. The Morgan fingerprint density at radius 3 is 2.86 bits per heavy atom. The number of rotatable bonds is 3. The van der Waals surface area contributed by atoms with E-state index in [1.165, 1.54) is 18.3 Å². The zero-order valence-electron chi connectivity index (χ0n) is 8.11. The van der Waals surface area contributed by atoms with Crippen molar-refractivity contribution >= 4 is 17.3 Å². The Morgan fingerprint density at radius 2 is 2.50 bits per heavy atom. The lowest BCUT2D eigenvalue weighted by Gasteiger charge is -2.23. The number of ether oxygens (including phenoxy) is 1. The minimum atomic E-state index is -1.10. The number of nitriles is 1. The SMILES string of the molecule is CCC(C#N)(OC(C)=O)c1cccs1. The normalized spacial score (nSPS) is 14.1. The summed E-state index contributed by atoms with van der Waals surface area (Å²) >= 11 is 1.42. The van der Waals surface area contributed by atoms with Crippen LogP contribution in [-0.4, -0.2) is 5.97 Å². The first kappa shape index (κ1) is 10.7. The summed E-state index contributed by atoms with van der Waals surface area (Å²) in [6.07, 6.45) is 0.462. The van der Waals surface area contributed by atoms with Crippen LogP contribution in [0.5, 0.6) is 0 Å². The predicted molar refractivity (Wildman–Crippen MR) is 53.7 cm³/mol. The topological polar surface area (TPSA) is 50.1 Å². The molecule has 1 rings (SSSR count). The fourth-order valence-electron chi connectivity index (χ4n) is 1.21. The molecule has 1 unspecified atom stereocenters. The standard InChI is InChI=1S/C10H11NO2S/c1-3-10(7-11,13-8(2)12)9-5-4-6-14-9/h4-6H,3H2,1-2H3. The van der Waals surface area contributed by atoms with Gasteiger partial charge in [-0.15, -0.1) is 11.3 Å². The molecule has 0 saturated carbocycles. The molecule has 0 fully saturated rings. The van der Waals surface area contributed by atoms with Gasteiger partial charge >= 0.3 is 5.97 Å². The van der Waals surface area contributed by atoms with Crippen molar-refractivity contribution in [1.82, 2.24) is 0 Å². The van der Waals surface area contributed by atoms with Crippen molar-refractivity contribution in [3.8, 4) is 6.07 Å². The molecule has 0 aliphatic heterocycles. The van der Waals surface area contributed by atoms with E-state index in [9.17, 15) is 4.79 Å². The Hall–Kier alpha value is -1.34. The van der Waals surface area contributed by atoms with Crippen molar-refractivity contribution in [2.24, 2.45) is 0 Å². The van der Waals surface area contributed by atoms with Gasteiger partial charge < -0.3 is 4.74 Å². The van der Waals surface area contributed by atoms with Gasteiger partial charge in [0, 0.05) is 13.3 Å². The smallest absolute Gasteiger partial charge is 0.304 e. The van der Waals surface area contributed by atoms with Gasteiger partial charge in [0.05, 0.1) is 4.88 Å². The van der Waals surface area contributed by atoms with Crippen LogP contribution < -0.4 is 0 Å². The van der Waals surface area contributed by atoms with Gasteiger partial charge in [0.15, 0.2) is 0 Å². The molecular weight excluding hydrogens is 198 g/mol. The first-order chi connectivity index (χ1) is 6.64. The van der Waals surface area contributed by atoms with Crippen LogP contribution in [0.2, 0.25) is 0 Å². The molecule has 0 N–H and O–H groups in total. The van der Waals surface area contributed by atoms with Crippen LogP contribution in [0.3, 0.4) is 0 Å². The number of hydrogen-bond acceptors (Lipinski definition) is 4. The van der Waals surface area contributed by atoms with Gasteiger partial charge in [0.25, 0.3) is 0 Å². The van der Waals surface area contributed by atoms with Crippen LogP contribution in [0, 0.1) is 11.3 Å². The van der Waals surface area contributed by atoms with E-state index in [1.807, 2.05) is 18.4 Å². The summed E-state index contributed by atoms with van der Waals surface area (Å²) in [4.78, 5) is 11.7. The van der Waals surface area contributed by atoms with Crippen LogP contribution in [0.15, 0.2) is 17.5 Å². The maximum absolute atomic E-state index is 10.9. The van der Waals surface area contributed by atoms with E-state index in [0.29, 0.717) is 6.42 Å². The number of nitrogens with zero attached hydrogens (tertiary/aromatic N) is 1. The van der Waals surface area contributed by atoms with Gasteiger partial charge in [-0.1, -0.05) is 13.0 Å². The van der Waals surface area contributed by atoms with Crippen molar-refractivity contribution in [2.45, 2.75) is 25.9 Å². The third kappa shape index (κ3) is 1.94. The molecule has 0 bridgehead atoms. The van der Waals surface area contributed by atoms with E-state index in [-0.39, 0.29) is 0 Å². The molecule has 0 aliphatic rings. The Kier molecular flexibility index (Phi) is 3.26. The summed E-state index contributed by atoms with van der Waals surface area (Å²) in [5.41, 5.74) is -1.10. The highest BCUT2D eigenvalue weighted by Crippen LogP contribution is 2.32. The summed E-state index contributed by atoms with van der Waals surface area (Å²) in [7, 11) is 0. The second-order valence-corrected chi connectivity index (χ2v) is 3.81. The first-order valence-electron chi connectivity index (χ1n) is 4.29. The Balaban J connectivity index is 3.05. The van der Waals surface area contributed by atoms with Gasteiger partial charge in [0.1, 0.15) is 6.07 Å². The highest BCUT2D eigenvalue weighted by molar-refractivity contribution is 7.10. The zero-order valence-corrected chi connectivity index (χ0v) is 8.93. The summed E-state index contributed by atoms with van der Waals surface area (Å²) < 4.78 is 5.09. The van der Waals surface area contributed by atoms with Crippen molar-refractivity contribution in [1.29, 1.82) is 5.26 Å². The van der Waals surface area contributed by atoms with E-state index in [1.54, 1.807) is 6.07 Å². The molecule has 74 valence electrons. The molecule has 0 amide bonds. The molecule has 1 atom stereocenters. The second kappa shape index (κ2) is 4.25. The first-order valence-corrected chi connectivity index (χ1v) is 5.17. The number of carbonyl (C=O) groups is 1. The van der Waals surface area contributed by atoms with Crippen molar-refractivity contribution in [3.05, 3.63) is 22.4 Å². The van der Waals surface area contributed by atoms with E-state index in [0.717, 1.165) is 4.88 Å². The van der Waals surface area contributed by atoms with Gasteiger partial charge in [-0.25, -0.2) is 0 Å². The Bertz CT molecular complexity index is 353. The van der Waals surface area contributed by atoms with Gasteiger partial charge in [-0.05, 0) is 11.4 Å². The van der Waals surface area contributed by atoms with Crippen molar-refractivity contribution in [2.75, 3.05) is 0 Å². The number of thiophene rings is 1. The average Bonchev–Trinajstić information content (AvgIpc) is 2.67. The van der Waals surface area contributed by atoms with Crippen LogP contribution in [0.4, 0.5) is 0 Å². The number of esters is 1. The fraction of sp³-hybridized carbons (Fsp3) is 0.400. The minimum absolute atomic E-state index is 0.429. The summed E-state index contributed by atoms with van der Waals surface area (Å²) in [6, 6.07) is 5.71. The van der Waals surface area contributed by atoms with Crippen LogP contribution >= 0.6 is 11.3 Å². The molecule has 14 heavy (non-hydrogen) atoms. The lowest BCUT2D eigenvalue weighted by atomic mass is 10.0. The monoisotopic (exact) mass is 209 g/mol. The molecule has 0 aromatic carbocycles. The average molecular weight is 209 g/mol. The lowest BCUT2D eigenvalue weighted by Crippen LogP contribution is -2.28. The van der Waals surface area contributed by atoms with E-state index in [4.69, 9.17) is 10.00 Å². The molecular formula is C10H11NO2S. The molecule has 0 saturated heterocycles. The van der Waals surface area contributed by atoms with Crippen molar-refractivity contribution < 1.29 is 9.53 Å². The zero-order chi connectivity index (χ0) is 10.6. The minimum Gasteiger partial charge on any atom is -0.439 e. The molecule has 0 radical (unpaired) electrons. The second-order valence-electron chi connectivity index (χ2n) is 2.86. The molecule has 1 heterocycles. The largest absolute Gasteiger partial charge is 0.439 e. The van der Waals surface area contributed by atoms with Crippen LogP contribution in [-0.2, 0) is 15.1 Å². The summed E-state index contributed by atoms with van der Waals surface area (Å²) in [6.45, 7) is 3.14. The molecule has 3 nitrogen and oxygen atoms in total. The van der Waals surface area contributed by atoms with E-state index >= 15 is 0 Å². The molecule has 0 aliphatic carbocycles. The Morgan fingerprint density at radius 1 is 1.79 bits per heavy atom. The Labute approximate surface area is 86.9 Å². The molecule has 4 heteroatoms. The highest BCUT2D eigenvalue weighted by atomic mass is 32.1. The van der Waals surface area contributed by atoms with Gasteiger partial charge in [-0.3, -0.25) is 4.79 Å². The van der Waals surface area contributed by atoms with Crippen LogP contribution in [0.1, 0.15) is 25.1 Å². The lowest BCUT2D eigenvalue weighted by molar-refractivity contribution is -0.152. The molecule has 0 spiro atoms. The number of hydrogen-bond donors (Lipinski definition) is 0. The molecule has 1 aromatic heterocycles. The summed E-state index contributed by atoms with van der Waals surface area (Å²) in [5, 5.41) is 10.9. The molecule has 1 aromatic rings. The maximum Gasteiger partial charge on any atom is 0.304 e.